The Morgan fingerprint density at radius 1 is 0.686 bits per heavy atom. The molecule has 0 spiro atoms. The number of allylic oxidation sites excluding steroid dienone is 1. The number of hydrogen-bond acceptors (Lipinski definition) is 2. The van der Waals surface area contributed by atoms with E-state index in [2.05, 4.69) is 130 Å². The third-order valence-corrected chi connectivity index (χ3v) is 14.7. The van der Waals surface area contributed by atoms with E-state index in [9.17, 15) is 0 Å². The first kappa shape index (κ1) is 32.8. The summed E-state index contributed by atoms with van der Waals surface area (Å²) in [5.74, 6) is 3.88. The normalized spacial score (nSPS) is 16.5. The summed E-state index contributed by atoms with van der Waals surface area (Å²) in [5, 5.41) is 4.53. The molecule has 1 aliphatic heterocycles. The van der Waals surface area contributed by atoms with E-state index in [0.29, 0.717) is 0 Å². The maximum atomic E-state index is 6.72. The van der Waals surface area contributed by atoms with Crippen molar-refractivity contribution < 1.29 is 35.0 Å². The first-order valence-electron chi connectivity index (χ1n) is 18.3. The van der Waals surface area contributed by atoms with Crippen molar-refractivity contribution in [2.24, 2.45) is 0 Å². The molecule has 0 N–H and O–H groups in total. The van der Waals surface area contributed by atoms with Crippen LogP contribution in [-0.2, 0) is 39.0 Å². The maximum Gasteiger partial charge on any atom is 0.130 e. The Labute approximate surface area is 321 Å². The van der Waals surface area contributed by atoms with Crippen LogP contribution in [0.5, 0.6) is 0 Å². The fraction of sp³-hybridized carbons (Fsp3) is 0.213. The van der Waals surface area contributed by atoms with E-state index in [4.69, 9.17) is 8.83 Å². The van der Waals surface area contributed by atoms with Crippen LogP contribution in [-0.4, -0.2) is 8.80 Å². The van der Waals surface area contributed by atoms with Crippen molar-refractivity contribution in [1.29, 1.82) is 0 Å². The predicted octanol–water partition coefficient (Wildman–Crippen LogP) is 11.9. The van der Waals surface area contributed by atoms with E-state index in [1.807, 2.05) is 0 Å². The molecule has 1 fully saturated rings. The minimum atomic E-state index is -0.786. The smallest absolute Gasteiger partial charge is 0.130 e. The van der Waals surface area contributed by atoms with Crippen LogP contribution in [0.15, 0.2) is 112 Å². The van der Waals surface area contributed by atoms with Crippen LogP contribution in [0, 0.1) is 20.8 Å². The van der Waals surface area contributed by atoms with Gasteiger partial charge in [-0.15, -0.1) is 22.0 Å². The molecule has 51 heavy (non-hydrogen) atoms. The van der Waals surface area contributed by atoms with Gasteiger partial charge in [0, 0.05) is 46.5 Å². The van der Waals surface area contributed by atoms with E-state index >= 15 is 0 Å². The van der Waals surface area contributed by atoms with Crippen LogP contribution in [0.4, 0.5) is 0 Å². The average Bonchev–Trinajstić information content (AvgIpc) is 3.95. The summed E-state index contributed by atoms with van der Waals surface area (Å²) < 4.78 is 13.3. The van der Waals surface area contributed by atoms with E-state index in [1.165, 1.54) is 96.9 Å². The van der Waals surface area contributed by atoms with Crippen molar-refractivity contribution in [2.45, 2.75) is 64.5 Å². The Kier molecular flexibility index (Phi) is 8.25. The summed E-state index contributed by atoms with van der Waals surface area (Å²) in [6.07, 6.45) is 7.28. The summed E-state index contributed by atoms with van der Waals surface area (Å²) in [4.78, 5) is 0. The zero-order valence-corrected chi connectivity index (χ0v) is 33.0. The topological polar surface area (TPSA) is 26.3 Å². The second kappa shape index (κ2) is 12.8. The second-order valence-electron chi connectivity index (χ2n) is 14.6. The third kappa shape index (κ3) is 5.16. The molecule has 5 aromatic carbocycles. The van der Waals surface area contributed by atoms with Gasteiger partial charge in [-0.05, 0) is 109 Å². The van der Waals surface area contributed by atoms with Crippen LogP contribution in [0.2, 0.25) is 12.1 Å². The molecule has 1 radical (unpaired) electrons. The molecule has 10 rings (SSSR count). The molecule has 3 aliphatic rings. The summed E-state index contributed by atoms with van der Waals surface area (Å²) in [5.41, 5.74) is 16.5. The van der Waals surface area contributed by atoms with Gasteiger partial charge in [0.2, 0.25) is 0 Å². The molecule has 0 amide bonds. The van der Waals surface area contributed by atoms with E-state index < -0.39 is 8.80 Å². The minimum Gasteiger partial charge on any atom is -0.496 e. The number of rotatable bonds is 6. The van der Waals surface area contributed by atoms with E-state index in [-0.39, 0.29) is 32.1 Å². The first-order chi connectivity index (χ1) is 24.5. The molecule has 1 unspecified atom stereocenters. The quantitative estimate of drug-likeness (QED) is 0.125. The summed E-state index contributed by atoms with van der Waals surface area (Å²) in [6, 6.07) is 40.9. The number of benzene rings is 4. The standard InChI is InChI=1S/C47H40O2Si.Zr/c1-28-18-21-35-36(41(28)31-12-6-4-7-13-31)27-37(39-22-19-29(2)48-39)43(35)44-38-26-33-16-10-17-34(33)42(32-14-8-5-9-15-32)45(38)47(50-24-11-25-50)46(44)40-23-20-30(3)49-40;/h4-9,12-15,18-23,26-27,43H,10-11,16-17,24-25H2,1-3H3;/q-1;. The van der Waals surface area contributed by atoms with Gasteiger partial charge in [-0.1, -0.05) is 114 Å². The van der Waals surface area contributed by atoms with Crippen molar-refractivity contribution in [3.05, 3.63) is 154 Å². The number of aryl methyl sites for hydroxylation is 4. The van der Waals surface area contributed by atoms with Gasteiger partial charge in [0.1, 0.15) is 11.5 Å². The van der Waals surface area contributed by atoms with E-state index in [1.54, 1.807) is 10.8 Å². The van der Waals surface area contributed by atoms with Gasteiger partial charge in [0.05, 0.1) is 11.5 Å². The number of furan rings is 2. The molecule has 0 bridgehead atoms. The molecule has 7 aromatic rings. The Balaban J connectivity index is 0.00000348. The van der Waals surface area contributed by atoms with Crippen molar-refractivity contribution in [2.75, 3.05) is 0 Å². The zero-order valence-electron chi connectivity index (χ0n) is 29.5. The van der Waals surface area contributed by atoms with Crippen LogP contribution in [0.3, 0.4) is 0 Å². The van der Waals surface area contributed by atoms with E-state index in [0.717, 1.165) is 35.9 Å². The van der Waals surface area contributed by atoms with Crippen molar-refractivity contribution in [1.82, 2.24) is 0 Å². The SMILES string of the molecule is Cc1ccc(C2=Cc3c(ccc(C)c3-c3ccccc3)C2[c-]2c(-c3ccc(C)o3)c([Si]3CCC3)c3c(-c4ccccc4)c4c(cc32)CCC4)o1.[Zr]. The first-order valence-corrected chi connectivity index (χ1v) is 20.2. The second-order valence-corrected chi connectivity index (χ2v) is 17.3. The van der Waals surface area contributed by atoms with Crippen LogP contribution >= 0.6 is 0 Å². The van der Waals surface area contributed by atoms with Crippen LogP contribution in [0.25, 0.3) is 56.0 Å². The van der Waals surface area contributed by atoms with Crippen LogP contribution < -0.4 is 5.19 Å². The average molecular weight is 756 g/mol. The maximum absolute atomic E-state index is 6.72. The molecule has 1 saturated heterocycles. The summed E-state index contributed by atoms with van der Waals surface area (Å²) in [6.45, 7) is 6.40. The number of fused-ring (bicyclic) bond motifs is 3. The fourth-order valence-electron chi connectivity index (χ4n) is 9.28. The molecule has 0 saturated carbocycles. The molecule has 2 aromatic heterocycles. The van der Waals surface area contributed by atoms with Crippen molar-refractivity contribution in [3.63, 3.8) is 0 Å². The van der Waals surface area contributed by atoms with Gasteiger partial charge >= 0.3 is 0 Å². The largest absolute Gasteiger partial charge is 0.496 e. The third-order valence-electron chi connectivity index (χ3n) is 11.6. The number of hydrogen-bond donors (Lipinski definition) is 0. The molecule has 4 heteroatoms. The Morgan fingerprint density at radius 2 is 1.35 bits per heavy atom. The monoisotopic (exact) mass is 754 g/mol. The van der Waals surface area contributed by atoms with Crippen molar-refractivity contribution in [3.8, 4) is 33.6 Å². The van der Waals surface area contributed by atoms with Gasteiger partial charge in [-0.2, -0.15) is 0 Å². The zero-order chi connectivity index (χ0) is 33.5. The van der Waals surface area contributed by atoms with Crippen molar-refractivity contribution >= 4 is 36.4 Å². The molecular weight excluding hydrogens is 716 g/mol. The molecule has 3 heterocycles. The minimum absolute atomic E-state index is 0. The van der Waals surface area contributed by atoms with Crippen LogP contribution in [0.1, 0.15) is 69.4 Å². The molecule has 1 atom stereocenters. The fourth-order valence-corrected chi connectivity index (χ4v) is 11.7. The van der Waals surface area contributed by atoms with Gasteiger partial charge in [0.15, 0.2) is 0 Å². The molecule has 2 aliphatic carbocycles. The van der Waals surface area contributed by atoms with Gasteiger partial charge in [-0.25, -0.2) is 0 Å². The van der Waals surface area contributed by atoms with Gasteiger partial charge in [-0.3, -0.25) is 0 Å². The molecule has 2 nitrogen and oxygen atoms in total. The Bertz CT molecular complexity index is 2470. The summed E-state index contributed by atoms with van der Waals surface area (Å²) in [7, 11) is -0.786. The Hall–Kier alpha value is -4.11. The van der Waals surface area contributed by atoms with Gasteiger partial charge < -0.3 is 8.83 Å². The summed E-state index contributed by atoms with van der Waals surface area (Å²) >= 11 is 0. The predicted molar refractivity (Wildman–Crippen MR) is 209 cm³/mol. The van der Waals surface area contributed by atoms with Gasteiger partial charge in [0.25, 0.3) is 0 Å². The molecular formula is C47H40O2SiZr-. The Morgan fingerprint density at radius 3 is 1.98 bits per heavy atom. The molecule has 249 valence electrons.